The Kier molecular flexibility index (Phi) is 15.6. The van der Waals surface area contributed by atoms with Gasteiger partial charge in [-0.2, -0.15) is 0 Å². The van der Waals surface area contributed by atoms with Crippen molar-refractivity contribution in [1.82, 2.24) is 25.0 Å². The number of anilines is 1. The molecule has 3 N–H and O–H groups in total. The molecule has 3 amide bonds. The summed E-state index contributed by atoms with van der Waals surface area (Å²) < 4.78 is 33.6. The van der Waals surface area contributed by atoms with Gasteiger partial charge in [-0.1, -0.05) is 58.9 Å². The lowest BCUT2D eigenvalue weighted by Crippen LogP contribution is -2.58. The molecule has 2 fully saturated rings. The Labute approximate surface area is 358 Å². The minimum absolute atomic E-state index is 0.0203. The summed E-state index contributed by atoms with van der Waals surface area (Å²) in [6, 6.07) is 8.88. The minimum atomic E-state index is -0.393. The van der Waals surface area contributed by atoms with Gasteiger partial charge in [-0.15, -0.1) is 11.3 Å². The van der Waals surface area contributed by atoms with E-state index >= 15 is 4.39 Å². The summed E-state index contributed by atoms with van der Waals surface area (Å²) in [5.74, 6) is 0.224. The predicted molar refractivity (Wildman–Crippen MR) is 230 cm³/mol. The van der Waals surface area contributed by atoms with Gasteiger partial charge in [0.05, 0.1) is 43.4 Å². The van der Waals surface area contributed by atoms with Crippen molar-refractivity contribution in [3.05, 3.63) is 68.9 Å². The van der Waals surface area contributed by atoms with Crippen molar-refractivity contribution in [2.24, 2.45) is 5.41 Å². The lowest BCUT2D eigenvalue weighted by atomic mass is 9.89. The van der Waals surface area contributed by atoms with Crippen LogP contribution in [0.1, 0.15) is 98.4 Å². The second-order valence-corrected chi connectivity index (χ2v) is 18.6. The van der Waals surface area contributed by atoms with E-state index in [1.807, 2.05) is 27.3 Å². The molecule has 0 radical (unpaired) electrons. The number of carbonyl (C=O) groups excluding carboxylic acids is 3. The molecule has 2 aromatic carbocycles. The fourth-order valence-electron chi connectivity index (χ4n) is 7.85. The number of aromatic hydroxyl groups is 1. The first-order chi connectivity index (χ1) is 28.7. The van der Waals surface area contributed by atoms with Gasteiger partial charge in [0.2, 0.25) is 5.91 Å². The summed E-state index contributed by atoms with van der Waals surface area (Å²) in [4.78, 5) is 49.0. The third-order valence-electron chi connectivity index (χ3n) is 11.5. The third kappa shape index (κ3) is 12.2. The smallest absolute Gasteiger partial charge is 0.273 e. The summed E-state index contributed by atoms with van der Waals surface area (Å²) >= 11 is 1.53. The number of carbonyl (C=O) groups is 3. The van der Waals surface area contributed by atoms with Crippen molar-refractivity contribution in [2.45, 2.75) is 91.2 Å². The Bertz CT molecular complexity index is 1940. The quantitative estimate of drug-likeness (QED) is 0.103. The number of piperidine rings is 1. The summed E-state index contributed by atoms with van der Waals surface area (Å²) in [7, 11) is 0. The van der Waals surface area contributed by atoms with Crippen LogP contribution in [0.4, 0.5) is 10.1 Å². The zero-order chi connectivity index (χ0) is 42.9. The fourth-order valence-corrected chi connectivity index (χ4v) is 8.66. The van der Waals surface area contributed by atoms with E-state index in [4.69, 9.17) is 14.2 Å². The maximum atomic E-state index is 15.8. The van der Waals surface area contributed by atoms with E-state index in [1.54, 1.807) is 18.2 Å². The molecule has 13 nitrogen and oxygen atoms in total. The Morgan fingerprint density at radius 1 is 1.07 bits per heavy atom. The molecule has 6 rings (SSSR count). The van der Waals surface area contributed by atoms with Crippen molar-refractivity contribution >= 4 is 34.7 Å². The highest BCUT2D eigenvalue weighted by atomic mass is 32.1. The number of hydrogen-bond acceptors (Lipinski definition) is 11. The molecule has 15 heteroatoms. The molecule has 328 valence electrons. The monoisotopic (exact) mass is 850 g/mol. The number of rotatable bonds is 18. The van der Waals surface area contributed by atoms with Crippen LogP contribution in [0.3, 0.4) is 0 Å². The number of aromatic nitrogens is 1. The highest BCUT2D eigenvalue weighted by Gasteiger charge is 2.41. The number of thiazole rings is 1. The SMILES string of the molecule is CC(C)c1nc(C(=O)N2CCOC3(CCN(Cc4cccc(CCOCCC(=O)N(CCNCCc5ccc(O)c6c5OCC(=O)N6)CCC(C)(C)C)c4F)CC3)C2)cs1. The number of benzene rings is 2. The van der Waals surface area contributed by atoms with Gasteiger partial charge < -0.3 is 39.8 Å². The van der Waals surface area contributed by atoms with Crippen LogP contribution in [0.2, 0.25) is 0 Å². The summed E-state index contributed by atoms with van der Waals surface area (Å²) in [6.07, 6.45) is 3.67. The summed E-state index contributed by atoms with van der Waals surface area (Å²) in [5.41, 5.74) is 2.62. The molecule has 1 aromatic heterocycles. The molecule has 0 atom stereocenters. The van der Waals surface area contributed by atoms with Crippen LogP contribution in [0.5, 0.6) is 11.5 Å². The lowest BCUT2D eigenvalue weighted by Gasteiger charge is -2.47. The topological polar surface area (TPSA) is 146 Å². The highest BCUT2D eigenvalue weighted by Crippen LogP contribution is 2.39. The molecule has 60 heavy (non-hydrogen) atoms. The standard InChI is InChI=1S/C45H63FN6O7S/c1-31(2)42-48-35(29-60-42)43(56)52-23-26-59-45(30-52)15-19-50(20-16-45)27-34-8-6-7-32(39(34)46)12-24-57-25-13-38(55)51(21-14-44(3,4)5)22-18-47-17-11-33-9-10-36(53)40-41(33)58-28-37(54)49-40/h6-10,29,31,47,53H,11-28,30H2,1-5H3,(H,49,54). The molecule has 0 bridgehead atoms. The Morgan fingerprint density at radius 2 is 1.85 bits per heavy atom. The normalized spacial score (nSPS) is 16.8. The van der Waals surface area contributed by atoms with E-state index in [9.17, 15) is 19.5 Å². The summed E-state index contributed by atoms with van der Waals surface area (Å²) in [6.45, 7) is 17.1. The number of phenolic OH excluding ortho intramolecular Hbond substituents is 1. The molecule has 3 aliphatic heterocycles. The van der Waals surface area contributed by atoms with Crippen molar-refractivity contribution in [1.29, 1.82) is 0 Å². The Morgan fingerprint density at radius 3 is 2.60 bits per heavy atom. The van der Waals surface area contributed by atoms with Gasteiger partial charge in [-0.3, -0.25) is 19.3 Å². The molecule has 3 aromatic rings. The van der Waals surface area contributed by atoms with Crippen molar-refractivity contribution in [3.63, 3.8) is 0 Å². The average Bonchev–Trinajstić information content (AvgIpc) is 3.72. The number of morpholine rings is 1. The van der Waals surface area contributed by atoms with Gasteiger partial charge in [-0.25, -0.2) is 9.37 Å². The van der Waals surface area contributed by atoms with Gasteiger partial charge >= 0.3 is 0 Å². The number of likely N-dealkylation sites (tertiary alicyclic amines) is 1. The molecular weight excluding hydrogens is 788 g/mol. The second-order valence-electron chi connectivity index (χ2n) is 17.7. The van der Waals surface area contributed by atoms with Crippen LogP contribution in [-0.4, -0.2) is 127 Å². The van der Waals surface area contributed by atoms with Crippen LogP contribution in [0.15, 0.2) is 35.7 Å². The number of fused-ring (bicyclic) bond motifs is 1. The van der Waals surface area contributed by atoms with E-state index in [0.29, 0.717) is 100 Å². The van der Waals surface area contributed by atoms with Crippen molar-refractivity contribution < 1.29 is 38.1 Å². The zero-order valence-corrected chi connectivity index (χ0v) is 36.8. The first-order valence-corrected chi connectivity index (χ1v) is 22.3. The number of amides is 3. The predicted octanol–water partition coefficient (Wildman–Crippen LogP) is 6.00. The Hall–Kier alpha value is -4.15. The first-order valence-electron chi connectivity index (χ1n) is 21.4. The average molecular weight is 851 g/mol. The van der Waals surface area contributed by atoms with E-state index in [2.05, 4.69) is 55.1 Å². The third-order valence-corrected chi connectivity index (χ3v) is 12.7. The fraction of sp³-hybridized carbons (Fsp3) is 0.600. The van der Waals surface area contributed by atoms with Crippen LogP contribution in [0, 0.1) is 11.2 Å². The molecule has 1 spiro atoms. The number of phenols is 1. The lowest BCUT2D eigenvalue weighted by molar-refractivity contribution is -0.132. The maximum Gasteiger partial charge on any atom is 0.273 e. The van der Waals surface area contributed by atoms with Crippen LogP contribution in [-0.2, 0) is 38.4 Å². The molecule has 4 heterocycles. The van der Waals surface area contributed by atoms with Gasteiger partial charge in [0.1, 0.15) is 22.9 Å². The molecular formula is C45H63FN6O7S. The Balaban J connectivity index is 0.911. The number of hydrogen-bond donors (Lipinski definition) is 3. The number of nitrogens with zero attached hydrogens (tertiary/aromatic N) is 4. The van der Waals surface area contributed by atoms with Crippen LogP contribution < -0.4 is 15.4 Å². The highest BCUT2D eigenvalue weighted by molar-refractivity contribution is 7.09. The minimum Gasteiger partial charge on any atom is -0.506 e. The van der Waals surface area contributed by atoms with E-state index in [-0.39, 0.29) is 60.3 Å². The van der Waals surface area contributed by atoms with Crippen LogP contribution in [0.25, 0.3) is 0 Å². The molecule has 0 saturated carbocycles. The van der Waals surface area contributed by atoms with Gasteiger partial charge in [-0.05, 0) is 61.3 Å². The van der Waals surface area contributed by atoms with E-state index < -0.39 is 5.60 Å². The van der Waals surface area contributed by atoms with Gasteiger partial charge in [0, 0.05) is 62.7 Å². The van der Waals surface area contributed by atoms with E-state index in [1.165, 1.54) is 11.3 Å². The largest absolute Gasteiger partial charge is 0.506 e. The molecule has 2 saturated heterocycles. The van der Waals surface area contributed by atoms with Gasteiger partial charge in [0.25, 0.3) is 11.8 Å². The van der Waals surface area contributed by atoms with Crippen molar-refractivity contribution in [3.8, 4) is 11.5 Å². The second kappa shape index (κ2) is 20.6. The summed E-state index contributed by atoms with van der Waals surface area (Å²) in [5, 5.41) is 19.1. The van der Waals surface area contributed by atoms with Crippen LogP contribution >= 0.6 is 11.3 Å². The zero-order valence-electron chi connectivity index (χ0n) is 35.9. The number of halogens is 1. The molecule has 0 unspecified atom stereocenters. The maximum absolute atomic E-state index is 15.8. The molecule has 3 aliphatic rings. The molecule has 0 aliphatic carbocycles. The van der Waals surface area contributed by atoms with Gasteiger partial charge in [0.15, 0.2) is 12.4 Å². The van der Waals surface area contributed by atoms with Crippen molar-refractivity contribution in [2.75, 3.05) is 84.1 Å². The number of ether oxygens (including phenoxy) is 3. The van der Waals surface area contributed by atoms with E-state index in [0.717, 1.165) is 42.9 Å². The first kappa shape index (κ1) is 45.4. The number of nitrogens with one attached hydrogen (secondary N) is 2.